The van der Waals surface area contributed by atoms with E-state index in [4.69, 9.17) is 11.1 Å². The van der Waals surface area contributed by atoms with Gasteiger partial charge in [0, 0.05) is 46.3 Å². The number of thiophene rings is 2. The van der Waals surface area contributed by atoms with Gasteiger partial charge in [-0.15, -0.1) is 22.7 Å². The molecule has 3 aromatic carbocycles. The number of hydrogen-bond donors (Lipinski definition) is 2. The Kier molecular flexibility index (Phi) is 5.21. The molecule has 0 aliphatic rings. The molecule has 156 valence electrons. The number of hydrogen-bond acceptors (Lipinski definition) is 3. The van der Waals surface area contributed by atoms with Crippen molar-refractivity contribution >= 4 is 76.8 Å². The molecule has 32 heavy (non-hydrogen) atoms. The molecule has 0 amide bonds. The second-order valence-electron chi connectivity index (χ2n) is 7.45. The van der Waals surface area contributed by atoms with Crippen LogP contribution in [0.2, 0.25) is 0 Å². The number of rotatable bonds is 4. The summed E-state index contributed by atoms with van der Waals surface area (Å²) in [7, 11) is 0. The zero-order chi connectivity index (χ0) is 22.2. The lowest BCUT2D eigenvalue weighted by atomic mass is 10.1. The van der Waals surface area contributed by atoms with Crippen molar-refractivity contribution < 1.29 is 0 Å². The number of nitrogens with zero attached hydrogens (tertiary/aromatic N) is 1. The molecule has 0 bridgehead atoms. The summed E-state index contributed by atoms with van der Waals surface area (Å²) in [5.41, 5.74) is 9.02. The Balaban J connectivity index is 1.50. The van der Waals surface area contributed by atoms with Crippen LogP contribution in [0.5, 0.6) is 0 Å². The van der Waals surface area contributed by atoms with Gasteiger partial charge in [-0.2, -0.15) is 0 Å². The molecule has 0 aliphatic heterocycles. The molecule has 0 radical (unpaired) electrons. The Morgan fingerprint density at radius 3 is 2.41 bits per heavy atom. The highest BCUT2D eigenvalue weighted by molar-refractivity contribution is 7.25. The van der Waals surface area contributed by atoms with Crippen molar-refractivity contribution in [2.45, 2.75) is 6.92 Å². The minimum atomic E-state index is 0.162. The molecule has 5 rings (SSSR count). The molecular formula is C27H21N3S2. The van der Waals surface area contributed by atoms with Crippen molar-refractivity contribution in [1.82, 2.24) is 0 Å². The van der Waals surface area contributed by atoms with Crippen LogP contribution in [0.15, 0.2) is 78.3 Å². The predicted octanol–water partition coefficient (Wildman–Crippen LogP) is 7.68. The number of allylic oxidation sites excluding steroid dienone is 1. The number of nitrogens with one attached hydrogen (secondary N) is 1. The molecule has 2 heterocycles. The molecule has 5 aromatic rings. The lowest BCUT2D eigenvalue weighted by Gasteiger charge is -2.04. The predicted molar refractivity (Wildman–Crippen MR) is 144 cm³/mol. The molecule has 2 aromatic heterocycles. The molecule has 0 saturated carbocycles. The van der Waals surface area contributed by atoms with Gasteiger partial charge in [0.15, 0.2) is 5.84 Å². The first-order valence-electron chi connectivity index (χ1n) is 10.3. The second-order valence-corrected chi connectivity index (χ2v) is 9.62. The van der Waals surface area contributed by atoms with Crippen molar-refractivity contribution in [2.24, 2.45) is 10.7 Å². The van der Waals surface area contributed by atoms with Crippen LogP contribution in [-0.2, 0) is 0 Å². The highest BCUT2D eigenvalue weighted by Gasteiger charge is 2.11. The van der Waals surface area contributed by atoms with Crippen LogP contribution >= 0.6 is 22.7 Å². The van der Waals surface area contributed by atoms with E-state index in [1.807, 2.05) is 43.3 Å². The van der Waals surface area contributed by atoms with Crippen LogP contribution in [0.3, 0.4) is 0 Å². The van der Waals surface area contributed by atoms with Crippen LogP contribution in [0.4, 0.5) is 0 Å². The maximum Gasteiger partial charge on any atom is 0.154 e. The zero-order valence-corrected chi connectivity index (χ0v) is 19.2. The molecule has 0 unspecified atom stereocenters. The van der Waals surface area contributed by atoms with E-state index in [0.29, 0.717) is 5.84 Å². The second kappa shape index (κ2) is 8.19. The van der Waals surface area contributed by atoms with E-state index in [0.717, 1.165) is 31.5 Å². The fourth-order valence-electron chi connectivity index (χ4n) is 3.90. The van der Waals surface area contributed by atoms with Crippen LogP contribution in [0.1, 0.15) is 28.5 Å². The van der Waals surface area contributed by atoms with Crippen LogP contribution in [0, 0.1) is 5.41 Å². The van der Waals surface area contributed by atoms with Crippen LogP contribution < -0.4 is 5.73 Å². The van der Waals surface area contributed by atoms with Crippen molar-refractivity contribution in [3.63, 3.8) is 0 Å². The summed E-state index contributed by atoms with van der Waals surface area (Å²) in [5, 5.41) is 12.1. The molecule has 0 atom stereocenters. The number of fused-ring (bicyclic) bond motifs is 4. The topological polar surface area (TPSA) is 62.2 Å². The number of aliphatic imine (C=N–C) groups is 1. The highest BCUT2D eigenvalue weighted by Crippen LogP contribution is 2.35. The van der Waals surface area contributed by atoms with E-state index in [2.05, 4.69) is 54.0 Å². The van der Waals surface area contributed by atoms with Gasteiger partial charge in [-0.05, 0) is 36.8 Å². The molecule has 0 spiro atoms. The van der Waals surface area contributed by atoms with Crippen molar-refractivity contribution in [2.75, 3.05) is 0 Å². The van der Waals surface area contributed by atoms with E-state index < -0.39 is 0 Å². The zero-order valence-electron chi connectivity index (χ0n) is 17.6. The molecular weight excluding hydrogens is 430 g/mol. The van der Waals surface area contributed by atoms with Gasteiger partial charge in [0.05, 0.1) is 0 Å². The van der Waals surface area contributed by atoms with E-state index in [1.165, 1.54) is 20.3 Å². The van der Waals surface area contributed by atoms with E-state index in [1.54, 1.807) is 22.7 Å². The lowest BCUT2D eigenvalue weighted by molar-refractivity contribution is 1.41. The van der Waals surface area contributed by atoms with Crippen LogP contribution in [0.25, 0.3) is 42.4 Å². The first-order valence-corrected chi connectivity index (χ1v) is 11.9. The largest absolute Gasteiger partial charge is 0.383 e. The van der Waals surface area contributed by atoms with Crippen molar-refractivity contribution in [3.8, 4) is 0 Å². The summed E-state index contributed by atoms with van der Waals surface area (Å²) in [6, 6.07) is 20.5. The molecule has 3 N–H and O–H groups in total. The minimum Gasteiger partial charge on any atom is -0.383 e. The maximum atomic E-state index is 8.52. The number of benzene rings is 3. The summed E-state index contributed by atoms with van der Waals surface area (Å²) in [6.07, 6.45) is 6.02. The molecule has 0 fully saturated rings. The Bertz CT molecular complexity index is 1580. The van der Waals surface area contributed by atoms with Crippen LogP contribution in [-0.4, -0.2) is 11.7 Å². The number of nitrogens with two attached hydrogens (primary N) is 1. The van der Waals surface area contributed by atoms with Gasteiger partial charge in [0.1, 0.15) is 5.84 Å². The highest BCUT2D eigenvalue weighted by atomic mass is 32.1. The minimum absolute atomic E-state index is 0.162. The summed E-state index contributed by atoms with van der Waals surface area (Å²) >= 11 is 3.43. The lowest BCUT2D eigenvalue weighted by Crippen LogP contribution is -2.15. The number of amidine groups is 2. The summed E-state index contributed by atoms with van der Waals surface area (Å²) in [5.74, 6) is 0.504. The van der Waals surface area contributed by atoms with Gasteiger partial charge in [0.25, 0.3) is 0 Å². The maximum absolute atomic E-state index is 8.52. The fourth-order valence-corrected chi connectivity index (χ4v) is 6.27. The standard InChI is InChI=1S/C27H21N3S2/c1-3-7-22-18(4-2)20-12-10-16(14-24(20)31-22)26(28)30-27(29)17-11-13-21-19-8-5-6-9-23(19)32-25(21)15-17/h3-15H,2H2,1H3,(H3,28,29,30)/b7-3-. The average Bonchev–Trinajstić information content (AvgIpc) is 3.35. The fraction of sp³-hybridized carbons (Fsp3) is 0.0370. The summed E-state index contributed by atoms with van der Waals surface area (Å²) in [6.45, 7) is 5.97. The Morgan fingerprint density at radius 2 is 1.59 bits per heavy atom. The van der Waals surface area contributed by atoms with Crippen molar-refractivity contribution in [3.05, 3.63) is 94.9 Å². The first-order chi connectivity index (χ1) is 15.6. The Hall–Kier alpha value is -3.54. The van der Waals surface area contributed by atoms with Crippen molar-refractivity contribution in [1.29, 1.82) is 5.41 Å². The molecule has 5 heteroatoms. The third-order valence-electron chi connectivity index (χ3n) is 5.46. The van der Waals surface area contributed by atoms with Gasteiger partial charge in [-0.1, -0.05) is 61.2 Å². The summed E-state index contributed by atoms with van der Waals surface area (Å²) in [4.78, 5) is 5.60. The van der Waals surface area contributed by atoms with E-state index in [9.17, 15) is 0 Å². The van der Waals surface area contributed by atoms with Gasteiger partial charge in [-0.25, -0.2) is 4.99 Å². The first kappa shape index (κ1) is 20.4. The Morgan fingerprint density at radius 1 is 0.906 bits per heavy atom. The smallest absolute Gasteiger partial charge is 0.154 e. The third kappa shape index (κ3) is 3.45. The van der Waals surface area contributed by atoms with Gasteiger partial charge in [0.2, 0.25) is 0 Å². The van der Waals surface area contributed by atoms with Gasteiger partial charge >= 0.3 is 0 Å². The van der Waals surface area contributed by atoms with E-state index >= 15 is 0 Å². The SMILES string of the molecule is C=Cc1c(/C=C\C)sc2cc(C(N)=NC(=N)c3ccc4c(c3)sc3ccccc34)ccc12. The normalized spacial score (nSPS) is 12.3. The van der Waals surface area contributed by atoms with Gasteiger partial charge in [-0.3, -0.25) is 5.41 Å². The third-order valence-corrected chi connectivity index (χ3v) is 7.73. The quantitative estimate of drug-likeness (QED) is 0.214. The molecule has 0 saturated heterocycles. The molecule has 3 nitrogen and oxygen atoms in total. The van der Waals surface area contributed by atoms with Gasteiger partial charge < -0.3 is 5.73 Å². The molecule has 0 aliphatic carbocycles. The summed E-state index contributed by atoms with van der Waals surface area (Å²) < 4.78 is 3.52. The van der Waals surface area contributed by atoms with E-state index in [-0.39, 0.29) is 5.84 Å². The average molecular weight is 452 g/mol. The monoisotopic (exact) mass is 451 g/mol. The Labute approximate surface area is 194 Å².